The Kier molecular flexibility index (Phi) is 8.07. The molecule has 0 heterocycles. The second-order valence-electron chi connectivity index (χ2n) is 7.08. The maximum Gasteiger partial charge on any atom is 0.323 e. The summed E-state index contributed by atoms with van der Waals surface area (Å²) in [6.07, 6.45) is 4.80. The van der Waals surface area contributed by atoms with Crippen LogP contribution in [-0.2, 0) is 19.1 Å². The Labute approximate surface area is 141 Å². The van der Waals surface area contributed by atoms with Crippen LogP contribution < -0.4 is 0 Å². The van der Waals surface area contributed by atoms with E-state index in [1.54, 1.807) is 0 Å². The summed E-state index contributed by atoms with van der Waals surface area (Å²) in [6.45, 7) is 11.1. The molecule has 0 aromatic carbocycles. The fourth-order valence-electron chi connectivity index (χ4n) is 3.95. The molecule has 0 radical (unpaired) electrons. The number of esters is 2. The first-order valence-corrected chi connectivity index (χ1v) is 9.30. The molecule has 0 spiro atoms. The first kappa shape index (κ1) is 20.0. The predicted molar refractivity (Wildman–Crippen MR) is 90.9 cm³/mol. The van der Waals surface area contributed by atoms with Crippen molar-refractivity contribution in [1.82, 2.24) is 0 Å². The minimum absolute atomic E-state index is 0.0289. The fraction of sp³-hybridized carbons (Fsp3) is 0.895. The van der Waals surface area contributed by atoms with E-state index in [2.05, 4.69) is 20.8 Å². The van der Waals surface area contributed by atoms with Crippen molar-refractivity contribution in [3.63, 3.8) is 0 Å². The molecule has 0 amide bonds. The van der Waals surface area contributed by atoms with Crippen molar-refractivity contribution in [2.75, 3.05) is 13.2 Å². The lowest BCUT2D eigenvalue weighted by molar-refractivity contribution is -0.177. The van der Waals surface area contributed by atoms with Gasteiger partial charge in [-0.15, -0.1) is 0 Å². The van der Waals surface area contributed by atoms with Crippen LogP contribution in [0.1, 0.15) is 73.1 Å². The molecule has 0 N–H and O–H groups in total. The molecule has 23 heavy (non-hydrogen) atoms. The molecule has 2 atom stereocenters. The van der Waals surface area contributed by atoms with E-state index >= 15 is 0 Å². The molecule has 1 aliphatic rings. The number of carbonyl (C=O) groups is 2. The zero-order valence-electron chi connectivity index (χ0n) is 15.5. The van der Waals surface area contributed by atoms with Crippen LogP contribution in [0.3, 0.4) is 0 Å². The molecule has 0 aromatic heterocycles. The number of ether oxygens (including phenoxy) is 2. The van der Waals surface area contributed by atoms with E-state index in [0.29, 0.717) is 31.5 Å². The van der Waals surface area contributed by atoms with Crippen LogP contribution >= 0.6 is 0 Å². The Morgan fingerprint density at radius 3 is 1.91 bits per heavy atom. The van der Waals surface area contributed by atoms with E-state index in [9.17, 15) is 9.59 Å². The first-order chi connectivity index (χ1) is 10.9. The van der Waals surface area contributed by atoms with Gasteiger partial charge in [-0.1, -0.05) is 41.0 Å². The number of carbonyl (C=O) groups excluding carboxylic acids is 2. The Bertz CT molecular complexity index is 369. The van der Waals surface area contributed by atoms with Crippen LogP contribution in [-0.4, -0.2) is 25.2 Å². The van der Waals surface area contributed by atoms with Gasteiger partial charge in [0.2, 0.25) is 0 Å². The molecule has 1 aliphatic carbocycles. The minimum Gasteiger partial charge on any atom is -0.465 e. The predicted octanol–water partition coefficient (Wildman–Crippen LogP) is 4.36. The number of hydrogen-bond acceptors (Lipinski definition) is 4. The van der Waals surface area contributed by atoms with Crippen LogP contribution in [0.25, 0.3) is 0 Å². The maximum absolute atomic E-state index is 12.9. The average Bonchev–Trinajstić information content (AvgIpc) is 2.91. The summed E-state index contributed by atoms with van der Waals surface area (Å²) in [4.78, 5) is 25.7. The molecule has 4 nitrogen and oxygen atoms in total. The van der Waals surface area contributed by atoms with Crippen LogP contribution in [0.4, 0.5) is 0 Å². The molecule has 134 valence electrons. The van der Waals surface area contributed by atoms with E-state index in [-0.39, 0.29) is 17.9 Å². The quantitative estimate of drug-likeness (QED) is 0.466. The Morgan fingerprint density at radius 1 is 1.00 bits per heavy atom. The third-order valence-corrected chi connectivity index (χ3v) is 5.08. The minimum atomic E-state index is -1.09. The van der Waals surface area contributed by atoms with Gasteiger partial charge in [-0.2, -0.15) is 0 Å². The highest BCUT2D eigenvalue weighted by atomic mass is 16.6. The summed E-state index contributed by atoms with van der Waals surface area (Å²) in [5, 5.41) is 0. The van der Waals surface area contributed by atoms with Crippen molar-refractivity contribution in [3.05, 3.63) is 0 Å². The Hall–Kier alpha value is -1.06. The molecule has 0 bridgehead atoms. The smallest absolute Gasteiger partial charge is 0.323 e. The average molecular weight is 326 g/mol. The summed E-state index contributed by atoms with van der Waals surface area (Å²) in [5.41, 5.74) is -1.09. The lowest BCUT2D eigenvalue weighted by atomic mass is 9.70. The highest BCUT2D eigenvalue weighted by Crippen LogP contribution is 2.53. The zero-order valence-corrected chi connectivity index (χ0v) is 15.5. The largest absolute Gasteiger partial charge is 0.465 e. The molecule has 0 aliphatic heterocycles. The van der Waals surface area contributed by atoms with Crippen molar-refractivity contribution in [1.29, 1.82) is 0 Å². The second kappa shape index (κ2) is 9.29. The van der Waals surface area contributed by atoms with E-state index in [1.807, 2.05) is 13.8 Å². The Balaban J connectivity index is 3.15. The normalized spacial score (nSPS) is 23.0. The number of hydrogen-bond donors (Lipinski definition) is 0. The van der Waals surface area contributed by atoms with Crippen LogP contribution in [0.5, 0.6) is 0 Å². The van der Waals surface area contributed by atoms with Crippen LogP contribution in [0.15, 0.2) is 0 Å². The van der Waals surface area contributed by atoms with Gasteiger partial charge >= 0.3 is 11.9 Å². The van der Waals surface area contributed by atoms with Gasteiger partial charge < -0.3 is 9.47 Å². The molecule has 1 fully saturated rings. The summed E-state index contributed by atoms with van der Waals surface area (Å²) in [5.74, 6) is 0.134. The highest BCUT2D eigenvalue weighted by molar-refractivity contribution is 6.01. The van der Waals surface area contributed by atoms with Gasteiger partial charge in [0.15, 0.2) is 5.41 Å². The summed E-state index contributed by atoms with van der Waals surface area (Å²) < 4.78 is 10.9. The summed E-state index contributed by atoms with van der Waals surface area (Å²) >= 11 is 0. The van der Waals surface area contributed by atoms with Gasteiger partial charge in [0.05, 0.1) is 13.2 Å². The third-order valence-electron chi connectivity index (χ3n) is 5.08. The molecule has 1 rings (SSSR count). The molecular formula is C19H34O4. The van der Waals surface area contributed by atoms with Crippen LogP contribution in [0, 0.1) is 23.2 Å². The highest BCUT2D eigenvalue weighted by Gasteiger charge is 2.60. The third kappa shape index (κ3) is 4.27. The first-order valence-electron chi connectivity index (χ1n) is 9.30. The lowest BCUT2D eigenvalue weighted by Gasteiger charge is -2.34. The van der Waals surface area contributed by atoms with Crippen molar-refractivity contribution in [2.45, 2.75) is 73.1 Å². The Morgan fingerprint density at radius 2 is 1.52 bits per heavy atom. The van der Waals surface area contributed by atoms with Crippen molar-refractivity contribution < 1.29 is 19.1 Å². The van der Waals surface area contributed by atoms with Gasteiger partial charge in [-0.3, -0.25) is 9.59 Å². The summed E-state index contributed by atoms with van der Waals surface area (Å²) in [6, 6.07) is 0. The topological polar surface area (TPSA) is 52.6 Å². The second-order valence-corrected chi connectivity index (χ2v) is 7.08. The molecule has 1 saturated carbocycles. The van der Waals surface area contributed by atoms with E-state index in [1.165, 1.54) is 0 Å². The van der Waals surface area contributed by atoms with Gasteiger partial charge in [-0.25, -0.2) is 0 Å². The van der Waals surface area contributed by atoms with Crippen molar-refractivity contribution >= 4 is 11.9 Å². The van der Waals surface area contributed by atoms with Crippen molar-refractivity contribution in [2.24, 2.45) is 23.2 Å². The molecule has 2 unspecified atom stereocenters. The van der Waals surface area contributed by atoms with Gasteiger partial charge in [-0.05, 0) is 49.9 Å². The molecule has 0 aromatic rings. The summed E-state index contributed by atoms with van der Waals surface area (Å²) in [7, 11) is 0. The van der Waals surface area contributed by atoms with E-state index in [4.69, 9.17) is 9.47 Å². The lowest BCUT2D eigenvalue weighted by Crippen LogP contribution is -2.46. The standard InChI is InChI=1S/C19H34O4/c1-6-9-16-15(14(4)5)10-11-19(16,17(20)22-12-7-2)18(21)23-13-8-3/h14-16H,6-13H2,1-5H3. The molecule has 4 heteroatoms. The van der Waals surface area contributed by atoms with Crippen molar-refractivity contribution in [3.8, 4) is 0 Å². The fourth-order valence-corrected chi connectivity index (χ4v) is 3.95. The monoisotopic (exact) mass is 326 g/mol. The van der Waals surface area contributed by atoms with Gasteiger partial charge in [0.1, 0.15) is 0 Å². The maximum atomic E-state index is 12.9. The van der Waals surface area contributed by atoms with E-state index in [0.717, 1.165) is 32.1 Å². The molecule has 0 saturated heterocycles. The van der Waals surface area contributed by atoms with E-state index < -0.39 is 5.41 Å². The van der Waals surface area contributed by atoms with Crippen LogP contribution in [0.2, 0.25) is 0 Å². The zero-order chi connectivity index (χ0) is 17.5. The van der Waals surface area contributed by atoms with Gasteiger partial charge in [0.25, 0.3) is 0 Å². The SMILES string of the molecule is CCCOC(=O)C1(C(=O)OCCC)CCC(C(C)C)C1CCC. The van der Waals surface area contributed by atoms with Gasteiger partial charge in [0, 0.05) is 0 Å². The molecular weight excluding hydrogens is 292 g/mol. The number of rotatable bonds is 9.